The highest BCUT2D eigenvalue weighted by molar-refractivity contribution is 7.07. The van der Waals surface area contributed by atoms with Crippen LogP contribution >= 0.6 is 11.3 Å². The van der Waals surface area contributed by atoms with Crippen LogP contribution < -0.4 is 24.4 Å². The minimum Gasteiger partial charge on any atom is -0.493 e. The number of allylic oxidation sites excluding steroid dienone is 1. The molecule has 1 aliphatic heterocycles. The van der Waals surface area contributed by atoms with Gasteiger partial charge >= 0.3 is 0 Å². The summed E-state index contributed by atoms with van der Waals surface area (Å²) in [4.78, 5) is 30.1. The zero-order valence-corrected chi connectivity index (χ0v) is 21.5. The number of methoxy groups -OCH3 is 2. The zero-order valence-electron chi connectivity index (χ0n) is 20.7. The number of aryl methyl sites for hydroxylation is 1. The summed E-state index contributed by atoms with van der Waals surface area (Å²) in [6.07, 6.45) is 3.40. The van der Waals surface area contributed by atoms with Gasteiger partial charge in [0.15, 0.2) is 16.3 Å². The van der Waals surface area contributed by atoms with E-state index in [-0.39, 0.29) is 17.3 Å². The van der Waals surface area contributed by atoms with Crippen LogP contribution in [0.3, 0.4) is 0 Å². The minimum atomic E-state index is -0.441. The van der Waals surface area contributed by atoms with Crippen LogP contribution in [0.15, 0.2) is 82.1 Å². The third kappa shape index (κ3) is 3.92. The van der Waals surface area contributed by atoms with Crippen LogP contribution in [0.4, 0.5) is 5.69 Å². The molecule has 0 saturated heterocycles. The van der Waals surface area contributed by atoms with E-state index in [2.05, 4.69) is 12.1 Å². The molecule has 4 aromatic rings. The molecule has 0 saturated carbocycles. The number of benzene rings is 3. The van der Waals surface area contributed by atoms with Crippen molar-refractivity contribution in [2.45, 2.75) is 18.9 Å². The Kier molecular flexibility index (Phi) is 5.92. The third-order valence-corrected chi connectivity index (χ3v) is 7.98. The molecule has 0 amide bonds. The molecule has 2 heterocycles. The molecule has 9 heteroatoms. The maximum atomic E-state index is 13.9. The third-order valence-electron chi connectivity index (χ3n) is 7.00. The second-order valence-electron chi connectivity index (χ2n) is 9.08. The molecule has 190 valence electrons. The van der Waals surface area contributed by atoms with Gasteiger partial charge in [-0.05, 0) is 65.4 Å². The minimum absolute atomic E-state index is 0.00315. The van der Waals surface area contributed by atoms with E-state index < -0.39 is 4.92 Å². The van der Waals surface area contributed by atoms with E-state index >= 15 is 0 Å². The SMILES string of the molecule is COc1ccc([C@H]2C3=C(N=c4s/c(=C\c5ccc([N+](=O)[O-])cc5)c(=O)n42)c2ccccc2CC3)cc1OC. The Labute approximate surface area is 221 Å². The smallest absolute Gasteiger partial charge is 0.271 e. The second kappa shape index (κ2) is 9.42. The number of non-ortho nitro benzene ring substituents is 1. The van der Waals surface area contributed by atoms with Crippen molar-refractivity contribution in [3.8, 4) is 11.5 Å². The van der Waals surface area contributed by atoms with Crippen LogP contribution in [0, 0.1) is 10.1 Å². The number of nitro benzene ring substituents is 1. The summed E-state index contributed by atoms with van der Waals surface area (Å²) in [7, 11) is 3.19. The lowest BCUT2D eigenvalue weighted by Gasteiger charge is -2.31. The predicted octanol–water partition coefficient (Wildman–Crippen LogP) is 4.24. The van der Waals surface area contributed by atoms with E-state index in [0.29, 0.717) is 26.4 Å². The summed E-state index contributed by atoms with van der Waals surface area (Å²) < 4.78 is 13.3. The average Bonchev–Trinajstić information content (AvgIpc) is 3.25. The largest absolute Gasteiger partial charge is 0.493 e. The number of aromatic nitrogens is 1. The highest BCUT2D eigenvalue weighted by Crippen LogP contribution is 2.42. The fourth-order valence-corrected chi connectivity index (χ4v) is 6.19. The molecular formula is C29H23N3O5S. The first-order valence-electron chi connectivity index (χ1n) is 12.1. The quantitative estimate of drug-likeness (QED) is 0.287. The van der Waals surface area contributed by atoms with Crippen molar-refractivity contribution in [1.29, 1.82) is 0 Å². The standard InChI is InChI=1S/C29H23N3O5S/c1-36-23-14-10-19(16-24(23)37-2)27-22-13-9-18-5-3-4-6-21(18)26(22)30-29-31(27)28(33)25(38-29)15-17-7-11-20(12-8-17)32(34)35/h3-8,10-12,14-16,27H,9,13H2,1-2H3/b25-15-/t27-/m0/s1. The molecule has 1 aromatic heterocycles. The first-order chi connectivity index (χ1) is 18.5. The summed E-state index contributed by atoms with van der Waals surface area (Å²) in [5.41, 5.74) is 5.80. The molecule has 3 aromatic carbocycles. The van der Waals surface area contributed by atoms with E-state index in [9.17, 15) is 14.9 Å². The summed E-state index contributed by atoms with van der Waals surface area (Å²) in [6.45, 7) is 0. The summed E-state index contributed by atoms with van der Waals surface area (Å²) >= 11 is 1.32. The number of fused-ring (bicyclic) bond motifs is 3. The van der Waals surface area contributed by atoms with Gasteiger partial charge < -0.3 is 9.47 Å². The van der Waals surface area contributed by atoms with Crippen molar-refractivity contribution in [3.63, 3.8) is 0 Å². The molecule has 2 aliphatic rings. The molecule has 0 radical (unpaired) electrons. The van der Waals surface area contributed by atoms with Crippen LogP contribution in [-0.2, 0) is 6.42 Å². The first kappa shape index (κ1) is 23.9. The van der Waals surface area contributed by atoms with E-state index in [1.807, 2.05) is 30.3 Å². The average molecular weight is 526 g/mol. The van der Waals surface area contributed by atoms with Gasteiger partial charge in [-0.15, -0.1) is 0 Å². The fraction of sp³-hybridized carbons (Fsp3) is 0.172. The highest BCUT2D eigenvalue weighted by Gasteiger charge is 2.33. The van der Waals surface area contributed by atoms with E-state index in [1.54, 1.807) is 37.0 Å². The molecule has 0 bridgehead atoms. The van der Waals surface area contributed by atoms with Crippen LogP contribution in [0.1, 0.15) is 34.7 Å². The number of thiazole rings is 1. The number of ether oxygens (including phenoxy) is 2. The molecule has 6 rings (SSSR count). The highest BCUT2D eigenvalue weighted by atomic mass is 32.1. The van der Waals surface area contributed by atoms with Gasteiger partial charge in [-0.1, -0.05) is 41.7 Å². The van der Waals surface area contributed by atoms with E-state index in [1.165, 1.54) is 29.0 Å². The first-order valence-corrected chi connectivity index (χ1v) is 12.9. The number of hydrogen-bond acceptors (Lipinski definition) is 7. The maximum absolute atomic E-state index is 13.9. The summed E-state index contributed by atoms with van der Waals surface area (Å²) in [5.74, 6) is 1.21. The predicted molar refractivity (Wildman–Crippen MR) is 145 cm³/mol. The lowest BCUT2D eigenvalue weighted by Crippen LogP contribution is -2.38. The van der Waals surface area contributed by atoms with Crippen LogP contribution in [-0.4, -0.2) is 23.7 Å². The van der Waals surface area contributed by atoms with Crippen LogP contribution in [0.2, 0.25) is 0 Å². The van der Waals surface area contributed by atoms with Crippen LogP contribution in [0.25, 0.3) is 11.8 Å². The Morgan fingerprint density at radius 1 is 1.03 bits per heavy atom. The number of hydrogen-bond donors (Lipinski definition) is 0. The van der Waals surface area contributed by atoms with Gasteiger partial charge in [0.2, 0.25) is 0 Å². The number of nitro groups is 1. The molecule has 0 fully saturated rings. The molecular weight excluding hydrogens is 502 g/mol. The normalized spacial score (nSPS) is 16.3. The van der Waals surface area contributed by atoms with Gasteiger partial charge in [-0.2, -0.15) is 0 Å². The Balaban J connectivity index is 1.58. The lowest BCUT2D eigenvalue weighted by atomic mass is 9.83. The number of rotatable bonds is 5. The molecule has 38 heavy (non-hydrogen) atoms. The van der Waals surface area contributed by atoms with Crippen molar-refractivity contribution < 1.29 is 14.4 Å². The van der Waals surface area contributed by atoms with Crippen molar-refractivity contribution in [2.24, 2.45) is 4.99 Å². The topological polar surface area (TPSA) is 96.0 Å². The van der Waals surface area contributed by atoms with E-state index in [0.717, 1.165) is 35.2 Å². The van der Waals surface area contributed by atoms with Crippen molar-refractivity contribution in [1.82, 2.24) is 4.57 Å². The van der Waals surface area contributed by atoms with Gasteiger partial charge in [0.05, 0.1) is 35.4 Å². The van der Waals surface area contributed by atoms with Crippen LogP contribution in [0.5, 0.6) is 11.5 Å². The van der Waals surface area contributed by atoms with Gasteiger partial charge in [0.1, 0.15) is 0 Å². The Hall–Kier alpha value is -4.50. The molecule has 8 nitrogen and oxygen atoms in total. The van der Waals surface area contributed by atoms with E-state index in [4.69, 9.17) is 14.5 Å². The number of nitrogens with zero attached hydrogens (tertiary/aromatic N) is 3. The Morgan fingerprint density at radius 3 is 2.53 bits per heavy atom. The zero-order chi connectivity index (χ0) is 26.4. The van der Waals surface area contributed by atoms with Gasteiger partial charge in [-0.25, -0.2) is 4.99 Å². The Morgan fingerprint density at radius 2 is 1.79 bits per heavy atom. The molecule has 0 unspecified atom stereocenters. The molecule has 1 aliphatic carbocycles. The Bertz CT molecular complexity index is 1800. The maximum Gasteiger partial charge on any atom is 0.271 e. The van der Waals surface area contributed by atoms with Crippen molar-refractivity contribution in [2.75, 3.05) is 14.2 Å². The monoisotopic (exact) mass is 525 g/mol. The lowest BCUT2D eigenvalue weighted by molar-refractivity contribution is -0.384. The molecule has 1 atom stereocenters. The van der Waals surface area contributed by atoms with Gasteiger partial charge in [0, 0.05) is 17.7 Å². The summed E-state index contributed by atoms with van der Waals surface area (Å²) in [5, 5.41) is 11.0. The van der Waals surface area contributed by atoms with Gasteiger partial charge in [0.25, 0.3) is 11.2 Å². The second-order valence-corrected chi connectivity index (χ2v) is 10.1. The fourth-order valence-electron chi connectivity index (χ4n) is 5.19. The molecule has 0 spiro atoms. The van der Waals surface area contributed by atoms with Crippen molar-refractivity contribution >= 4 is 28.8 Å². The van der Waals surface area contributed by atoms with Gasteiger partial charge in [-0.3, -0.25) is 19.5 Å². The molecule has 0 N–H and O–H groups in total. The van der Waals surface area contributed by atoms with Crippen molar-refractivity contribution in [3.05, 3.63) is 124 Å². The summed E-state index contributed by atoms with van der Waals surface area (Å²) in [6, 6.07) is 19.8.